The van der Waals surface area contributed by atoms with Crippen molar-refractivity contribution in [1.82, 2.24) is 18.9 Å². The van der Waals surface area contributed by atoms with Crippen molar-refractivity contribution in [3.8, 4) is 17.0 Å². The number of ether oxygens (including phenoxy) is 1. The van der Waals surface area contributed by atoms with E-state index >= 15 is 0 Å². The first-order valence-electron chi connectivity index (χ1n) is 9.37. The molecule has 29 heavy (non-hydrogen) atoms. The van der Waals surface area contributed by atoms with Crippen molar-refractivity contribution in [3.05, 3.63) is 65.4 Å². The summed E-state index contributed by atoms with van der Waals surface area (Å²) in [4.78, 5) is 32.1. The minimum absolute atomic E-state index is 0.130. The molecule has 0 aliphatic carbocycles. The monoisotopic (exact) mass is 410 g/mol. The maximum Gasteiger partial charge on any atom is 0.295 e. The number of nitrogens with zero attached hydrogens (tertiary/aromatic N) is 4. The van der Waals surface area contributed by atoms with Crippen molar-refractivity contribution in [1.29, 1.82) is 0 Å². The van der Waals surface area contributed by atoms with Crippen molar-refractivity contribution in [3.63, 3.8) is 0 Å². The number of benzene rings is 1. The predicted molar refractivity (Wildman–Crippen MR) is 115 cm³/mol. The Hall–Kier alpha value is -3.00. The van der Waals surface area contributed by atoms with Gasteiger partial charge in [0.25, 0.3) is 11.5 Å². The zero-order valence-electron chi connectivity index (χ0n) is 16.2. The SMILES string of the molecule is C=CCn1c(-c2ccc(OC)cc2)cn2cc(C(=O)N3CCSCC3)nc2c1=O. The lowest BCUT2D eigenvalue weighted by molar-refractivity contribution is 0.0767. The Morgan fingerprint density at radius 3 is 2.62 bits per heavy atom. The van der Waals surface area contributed by atoms with E-state index in [0.29, 0.717) is 25.3 Å². The molecule has 3 aromatic rings. The van der Waals surface area contributed by atoms with E-state index in [2.05, 4.69) is 11.6 Å². The molecular weight excluding hydrogens is 388 g/mol. The van der Waals surface area contributed by atoms with Crippen molar-refractivity contribution in [2.75, 3.05) is 31.7 Å². The molecule has 1 aliphatic heterocycles. The van der Waals surface area contributed by atoms with Crippen LogP contribution in [0.25, 0.3) is 16.9 Å². The molecule has 0 unspecified atom stereocenters. The second-order valence-electron chi connectivity index (χ2n) is 6.71. The zero-order chi connectivity index (χ0) is 20.4. The fourth-order valence-electron chi connectivity index (χ4n) is 3.42. The van der Waals surface area contributed by atoms with Crippen LogP contribution in [0, 0.1) is 0 Å². The number of carbonyl (C=O) groups excluding carboxylic acids is 1. The van der Waals surface area contributed by atoms with Gasteiger partial charge in [-0.2, -0.15) is 11.8 Å². The Balaban J connectivity index is 1.81. The van der Waals surface area contributed by atoms with Crippen LogP contribution in [0.1, 0.15) is 10.5 Å². The van der Waals surface area contributed by atoms with Gasteiger partial charge < -0.3 is 9.64 Å². The largest absolute Gasteiger partial charge is 0.497 e. The van der Waals surface area contributed by atoms with Gasteiger partial charge in [0.15, 0.2) is 0 Å². The summed E-state index contributed by atoms with van der Waals surface area (Å²) in [5.41, 5.74) is 1.86. The highest BCUT2D eigenvalue weighted by molar-refractivity contribution is 7.99. The Labute approximate surface area is 172 Å². The first kappa shape index (κ1) is 19.3. The first-order chi connectivity index (χ1) is 14.1. The Kier molecular flexibility index (Phi) is 5.44. The van der Waals surface area contributed by atoms with E-state index in [0.717, 1.165) is 28.5 Å². The topological polar surface area (TPSA) is 68.8 Å². The molecule has 0 radical (unpaired) electrons. The number of methoxy groups -OCH3 is 1. The minimum atomic E-state index is -0.258. The van der Waals surface area contributed by atoms with E-state index in [4.69, 9.17) is 4.74 Å². The van der Waals surface area contributed by atoms with E-state index in [1.54, 1.807) is 33.3 Å². The summed E-state index contributed by atoms with van der Waals surface area (Å²) < 4.78 is 8.48. The van der Waals surface area contributed by atoms with Gasteiger partial charge in [0.2, 0.25) is 5.65 Å². The standard InChI is InChI=1S/C21H22N4O3S/c1-3-8-25-18(15-4-6-16(28-2)7-5-15)14-24-13-17(22-19(24)21(25)27)20(26)23-9-11-29-12-10-23/h3-7,13-14H,1,8-12H2,2H3. The van der Waals surface area contributed by atoms with Gasteiger partial charge in [-0.05, 0) is 24.3 Å². The number of hydrogen-bond acceptors (Lipinski definition) is 5. The summed E-state index contributed by atoms with van der Waals surface area (Å²) in [6.45, 7) is 5.51. The molecule has 0 saturated carbocycles. The summed E-state index contributed by atoms with van der Waals surface area (Å²) >= 11 is 1.84. The molecule has 0 atom stereocenters. The van der Waals surface area contributed by atoms with Crippen LogP contribution in [0.15, 0.2) is 54.1 Å². The smallest absolute Gasteiger partial charge is 0.295 e. The molecule has 4 rings (SSSR count). The number of thioether (sulfide) groups is 1. The Morgan fingerprint density at radius 2 is 1.97 bits per heavy atom. The summed E-state index contributed by atoms with van der Waals surface area (Å²) in [5.74, 6) is 2.46. The number of imidazole rings is 1. The summed E-state index contributed by atoms with van der Waals surface area (Å²) in [6, 6.07) is 7.49. The van der Waals surface area contributed by atoms with E-state index in [1.807, 2.05) is 42.2 Å². The first-order valence-corrected chi connectivity index (χ1v) is 10.5. The van der Waals surface area contributed by atoms with E-state index in [1.165, 1.54) is 0 Å². The highest BCUT2D eigenvalue weighted by Crippen LogP contribution is 2.22. The molecule has 0 bridgehead atoms. The van der Waals surface area contributed by atoms with Gasteiger partial charge in [0.1, 0.15) is 11.4 Å². The number of aromatic nitrogens is 3. The average Bonchev–Trinajstić information content (AvgIpc) is 3.20. The molecule has 1 fully saturated rings. The normalized spacial score (nSPS) is 14.2. The van der Waals surface area contributed by atoms with Crippen LogP contribution < -0.4 is 10.3 Å². The third kappa shape index (κ3) is 3.67. The molecule has 2 aromatic heterocycles. The quantitative estimate of drug-likeness (QED) is 0.605. The minimum Gasteiger partial charge on any atom is -0.497 e. The second kappa shape index (κ2) is 8.16. The Bertz CT molecular complexity index is 1110. The molecule has 8 heteroatoms. The highest BCUT2D eigenvalue weighted by atomic mass is 32.2. The van der Waals surface area contributed by atoms with Crippen LogP contribution in [-0.2, 0) is 6.54 Å². The number of amides is 1. The maximum absolute atomic E-state index is 13.1. The van der Waals surface area contributed by atoms with Gasteiger partial charge in [0.05, 0.1) is 12.8 Å². The predicted octanol–water partition coefficient (Wildman–Crippen LogP) is 2.55. The highest BCUT2D eigenvalue weighted by Gasteiger charge is 2.22. The van der Waals surface area contributed by atoms with Crippen LogP contribution in [0.3, 0.4) is 0 Å². The molecule has 0 N–H and O–H groups in total. The number of hydrogen-bond donors (Lipinski definition) is 0. The fraction of sp³-hybridized carbons (Fsp3) is 0.286. The van der Waals surface area contributed by atoms with Gasteiger partial charge in [-0.25, -0.2) is 4.98 Å². The molecule has 1 aliphatic rings. The van der Waals surface area contributed by atoms with Gasteiger partial charge in [-0.15, -0.1) is 6.58 Å². The average molecular weight is 410 g/mol. The molecule has 1 saturated heterocycles. The maximum atomic E-state index is 13.1. The fourth-order valence-corrected chi connectivity index (χ4v) is 4.32. The van der Waals surface area contributed by atoms with Gasteiger partial charge >= 0.3 is 0 Å². The van der Waals surface area contributed by atoms with Crippen molar-refractivity contribution < 1.29 is 9.53 Å². The lowest BCUT2D eigenvalue weighted by Crippen LogP contribution is -2.38. The van der Waals surface area contributed by atoms with Gasteiger partial charge in [-0.1, -0.05) is 6.08 Å². The Morgan fingerprint density at radius 1 is 1.24 bits per heavy atom. The molecular formula is C21H22N4O3S. The lowest BCUT2D eigenvalue weighted by Gasteiger charge is -2.25. The summed E-state index contributed by atoms with van der Waals surface area (Å²) in [7, 11) is 1.61. The third-order valence-electron chi connectivity index (χ3n) is 4.94. The third-order valence-corrected chi connectivity index (χ3v) is 5.88. The number of carbonyl (C=O) groups is 1. The molecule has 150 valence electrons. The lowest BCUT2D eigenvalue weighted by atomic mass is 10.1. The van der Waals surface area contributed by atoms with Crippen LogP contribution in [0.5, 0.6) is 5.75 Å². The van der Waals surface area contributed by atoms with E-state index < -0.39 is 0 Å². The molecule has 1 aromatic carbocycles. The molecule has 3 heterocycles. The number of fused-ring (bicyclic) bond motifs is 1. The van der Waals surface area contributed by atoms with Crippen LogP contribution in [0.2, 0.25) is 0 Å². The zero-order valence-corrected chi connectivity index (χ0v) is 17.0. The van der Waals surface area contributed by atoms with Crippen molar-refractivity contribution >= 4 is 23.3 Å². The number of rotatable bonds is 5. The molecule has 0 spiro atoms. The molecule has 1 amide bonds. The van der Waals surface area contributed by atoms with E-state index in [9.17, 15) is 9.59 Å². The summed E-state index contributed by atoms with van der Waals surface area (Å²) in [5, 5.41) is 0. The van der Waals surface area contributed by atoms with Crippen LogP contribution >= 0.6 is 11.8 Å². The van der Waals surface area contributed by atoms with E-state index in [-0.39, 0.29) is 17.1 Å². The van der Waals surface area contributed by atoms with Crippen molar-refractivity contribution in [2.24, 2.45) is 0 Å². The van der Waals surface area contributed by atoms with Gasteiger partial charge in [0, 0.05) is 49.1 Å². The van der Waals surface area contributed by atoms with Gasteiger partial charge in [-0.3, -0.25) is 18.6 Å². The second-order valence-corrected chi connectivity index (χ2v) is 7.93. The van der Waals surface area contributed by atoms with Crippen LogP contribution in [-0.4, -0.2) is 56.5 Å². The van der Waals surface area contributed by atoms with Crippen LogP contribution in [0.4, 0.5) is 0 Å². The number of allylic oxidation sites excluding steroid dienone is 1. The molecule has 7 nitrogen and oxygen atoms in total. The summed E-state index contributed by atoms with van der Waals surface area (Å²) in [6.07, 6.45) is 5.15. The van der Waals surface area contributed by atoms with Crippen molar-refractivity contribution in [2.45, 2.75) is 6.54 Å².